The van der Waals surface area contributed by atoms with Crippen LogP contribution in [0.25, 0.3) is 0 Å². The lowest BCUT2D eigenvalue weighted by atomic mass is 10.0. The highest BCUT2D eigenvalue weighted by Crippen LogP contribution is 2.17. The van der Waals surface area contributed by atoms with Crippen LogP contribution in [0.3, 0.4) is 0 Å². The average Bonchev–Trinajstić information content (AvgIpc) is 3.34. The molecule has 68 heavy (non-hydrogen) atoms. The monoisotopic (exact) mass is 955 g/mol. The second-order valence-corrected chi connectivity index (χ2v) is 20.3. The van der Waals surface area contributed by atoms with Crippen molar-refractivity contribution in [2.45, 2.75) is 329 Å². The second-order valence-electron chi connectivity index (χ2n) is 20.3. The Morgan fingerprint density at radius 2 is 0.559 bits per heavy atom. The quantitative estimate of drug-likeness (QED) is 0.0262. The summed E-state index contributed by atoms with van der Waals surface area (Å²) in [7, 11) is 0. The molecule has 0 aliphatic rings. The van der Waals surface area contributed by atoms with Gasteiger partial charge < -0.3 is 14.2 Å². The number of allylic oxidation sites excluding steroid dienone is 6. The molecule has 0 aromatic rings. The van der Waals surface area contributed by atoms with Gasteiger partial charge in [0.1, 0.15) is 13.2 Å². The highest BCUT2D eigenvalue weighted by Gasteiger charge is 2.19. The zero-order valence-corrected chi connectivity index (χ0v) is 45.6. The van der Waals surface area contributed by atoms with E-state index in [0.717, 1.165) is 83.5 Å². The molecule has 0 radical (unpaired) electrons. The number of esters is 3. The van der Waals surface area contributed by atoms with Crippen molar-refractivity contribution in [2.24, 2.45) is 0 Å². The van der Waals surface area contributed by atoms with Crippen molar-refractivity contribution in [1.29, 1.82) is 0 Å². The van der Waals surface area contributed by atoms with Crippen molar-refractivity contribution in [3.05, 3.63) is 36.5 Å². The van der Waals surface area contributed by atoms with Crippen molar-refractivity contribution in [2.75, 3.05) is 13.2 Å². The fraction of sp³-hybridized carbons (Fsp3) is 0.855. The number of unbranched alkanes of at least 4 members (excludes halogenated alkanes) is 38. The predicted molar refractivity (Wildman–Crippen MR) is 293 cm³/mol. The highest BCUT2D eigenvalue weighted by molar-refractivity contribution is 5.71. The SMILES string of the molecule is CCC/C=C\C/C=C\CCCCCCCC(=O)OCC(COC(=O)CCCCCCCCCCC/C=C\CCCCCCCCCC)OC(=O)CCCCCCCCCCCCCCCCCC. The van der Waals surface area contributed by atoms with E-state index < -0.39 is 6.10 Å². The number of hydrogen-bond acceptors (Lipinski definition) is 6. The van der Waals surface area contributed by atoms with E-state index in [2.05, 4.69) is 57.2 Å². The van der Waals surface area contributed by atoms with E-state index in [1.54, 1.807) is 0 Å². The maximum Gasteiger partial charge on any atom is 0.306 e. The van der Waals surface area contributed by atoms with Crippen LogP contribution in [0.4, 0.5) is 0 Å². The first-order valence-corrected chi connectivity index (χ1v) is 30.0. The minimum absolute atomic E-state index is 0.0741. The molecule has 0 amide bonds. The third-order valence-corrected chi connectivity index (χ3v) is 13.3. The standard InChI is InChI=1S/C62H114O6/c1-4-7-10-13-16-19-22-25-27-29-30-31-32-33-35-37-40-43-46-49-52-55-61(64)67-58-59(57-66-60(63)54-51-48-45-42-39-36-24-21-18-15-12-9-6-3)68-62(65)56-53-50-47-44-41-38-34-28-26-23-20-17-14-11-8-5-2/h12,15,21,24,29-30,59H,4-11,13-14,16-20,22-23,25-28,31-58H2,1-3H3/b15-12-,24-21-,30-29-. The lowest BCUT2D eigenvalue weighted by Gasteiger charge is -2.18. The zero-order chi connectivity index (χ0) is 49.3. The highest BCUT2D eigenvalue weighted by atomic mass is 16.6. The molecule has 0 rings (SSSR count). The second kappa shape index (κ2) is 57.2. The molecule has 0 fully saturated rings. The molecule has 0 N–H and O–H groups in total. The molecule has 6 heteroatoms. The minimum Gasteiger partial charge on any atom is -0.462 e. The van der Waals surface area contributed by atoms with Gasteiger partial charge in [0.05, 0.1) is 0 Å². The van der Waals surface area contributed by atoms with Gasteiger partial charge in [0.15, 0.2) is 6.10 Å². The van der Waals surface area contributed by atoms with Gasteiger partial charge in [-0.25, -0.2) is 0 Å². The molecule has 0 saturated carbocycles. The van der Waals surface area contributed by atoms with Crippen LogP contribution >= 0.6 is 0 Å². The molecule has 0 aromatic heterocycles. The first kappa shape index (κ1) is 65.6. The van der Waals surface area contributed by atoms with Crippen LogP contribution in [0.1, 0.15) is 323 Å². The Kier molecular flexibility index (Phi) is 55.2. The number of ether oxygens (including phenoxy) is 3. The van der Waals surface area contributed by atoms with Gasteiger partial charge in [-0.1, -0.05) is 269 Å². The van der Waals surface area contributed by atoms with Crippen molar-refractivity contribution in [3.63, 3.8) is 0 Å². The van der Waals surface area contributed by atoms with Crippen LogP contribution in [0, 0.1) is 0 Å². The van der Waals surface area contributed by atoms with Gasteiger partial charge in [-0.15, -0.1) is 0 Å². The Balaban J connectivity index is 4.30. The lowest BCUT2D eigenvalue weighted by Crippen LogP contribution is -2.30. The Morgan fingerprint density at radius 1 is 0.294 bits per heavy atom. The summed E-state index contributed by atoms with van der Waals surface area (Å²) in [6.45, 7) is 6.61. The molecular formula is C62H114O6. The number of carbonyl (C=O) groups is 3. The van der Waals surface area contributed by atoms with E-state index in [0.29, 0.717) is 19.3 Å². The van der Waals surface area contributed by atoms with Gasteiger partial charge in [-0.3, -0.25) is 14.4 Å². The minimum atomic E-state index is -0.776. The Hall–Kier alpha value is -2.37. The molecule has 0 heterocycles. The van der Waals surface area contributed by atoms with E-state index in [1.807, 2.05) is 0 Å². The van der Waals surface area contributed by atoms with Crippen molar-refractivity contribution in [1.82, 2.24) is 0 Å². The molecule has 0 aliphatic heterocycles. The van der Waals surface area contributed by atoms with Gasteiger partial charge in [0.25, 0.3) is 0 Å². The molecule has 1 atom stereocenters. The average molecular weight is 956 g/mol. The number of hydrogen-bond donors (Lipinski definition) is 0. The molecule has 0 spiro atoms. The Labute approximate surface area is 423 Å². The maximum absolute atomic E-state index is 12.9. The largest absolute Gasteiger partial charge is 0.462 e. The predicted octanol–water partition coefficient (Wildman–Crippen LogP) is 20.0. The van der Waals surface area contributed by atoms with Crippen LogP contribution in [0.2, 0.25) is 0 Å². The van der Waals surface area contributed by atoms with E-state index in [-0.39, 0.29) is 31.1 Å². The van der Waals surface area contributed by atoms with Gasteiger partial charge in [0, 0.05) is 19.3 Å². The van der Waals surface area contributed by atoms with Gasteiger partial charge in [-0.05, 0) is 70.6 Å². The molecule has 0 saturated heterocycles. The molecule has 0 aliphatic carbocycles. The summed E-state index contributed by atoms with van der Waals surface area (Å²) in [4.78, 5) is 38.2. The number of rotatable bonds is 55. The van der Waals surface area contributed by atoms with Crippen molar-refractivity contribution >= 4 is 17.9 Å². The fourth-order valence-electron chi connectivity index (χ4n) is 8.83. The first-order valence-electron chi connectivity index (χ1n) is 30.0. The summed E-state index contributed by atoms with van der Waals surface area (Å²) in [6.07, 6.45) is 68.5. The molecule has 1 unspecified atom stereocenters. The third-order valence-electron chi connectivity index (χ3n) is 13.3. The lowest BCUT2D eigenvalue weighted by molar-refractivity contribution is -0.167. The van der Waals surface area contributed by atoms with Gasteiger partial charge >= 0.3 is 17.9 Å². The van der Waals surface area contributed by atoms with Crippen LogP contribution in [-0.2, 0) is 28.6 Å². The molecule has 6 nitrogen and oxygen atoms in total. The number of carbonyl (C=O) groups excluding carboxylic acids is 3. The molecule has 398 valence electrons. The van der Waals surface area contributed by atoms with E-state index >= 15 is 0 Å². The summed E-state index contributed by atoms with van der Waals surface area (Å²) >= 11 is 0. The van der Waals surface area contributed by atoms with E-state index in [1.165, 1.54) is 199 Å². The van der Waals surface area contributed by atoms with E-state index in [9.17, 15) is 14.4 Å². The summed E-state index contributed by atoms with van der Waals surface area (Å²) in [5, 5.41) is 0. The van der Waals surface area contributed by atoms with Crippen LogP contribution < -0.4 is 0 Å². The van der Waals surface area contributed by atoms with Crippen LogP contribution in [0.15, 0.2) is 36.5 Å². The fourth-order valence-corrected chi connectivity index (χ4v) is 8.83. The Bertz CT molecular complexity index is 1140. The van der Waals surface area contributed by atoms with Crippen LogP contribution in [-0.4, -0.2) is 37.2 Å². The first-order chi connectivity index (χ1) is 33.5. The maximum atomic E-state index is 12.9. The summed E-state index contributed by atoms with van der Waals surface area (Å²) in [5.41, 5.74) is 0. The zero-order valence-electron chi connectivity index (χ0n) is 45.6. The normalized spacial score (nSPS) is 12.2. The smallest absolute Gasteiger partial charge is 0.306 e. The summed E-state index contributed by atoms with van der Waals surface area (Å²) < 4.78 is 16.9. The molecular weight excluding hydrogens is 841 g/mol. The molecule has 0 aromatic carbocycles. The summed E-state index contributed by atoms with van der Waals surface area (Å²) in [5.74, 6) is -0.872. The van der Waals surface area contributed by atoms with Crippen molar-refractivity contribution in [3.8, 4) is 0 Å². The van der Waals surface area contributed by atoms with E-state index in [4.69, 9.17) is 14.2 Å². The summed E-state index contributed by atoms with van der Waals surface area (Å²) in [6, 6.07) is 0. The molecule has 0 bridgehead atoms. The van der Waals surface area contributed by atoms with Gasteiger partial charge in [0.2, 0.25) is 0 Å². The van der Waals surface area contributed by atoms with Crippen LogP contribution in [0.5, 0.6) is 0 Å². The van der Waals surface area contributed by atoms with Gasteiger partial charge in [-0.2, -0.15) is 0 Å². The topological polar surface area (TPSA) is 78.9 Å². The van der Waals surface area contributed by atoms with Crippen molar-refractivity contribution < 1.29 is 28.6 Å². The third kappa shape index (κ3) is 54.6. The Morgan fingerprint density at radius 3 is 0.882 bits per heavy atom.